The lowest BCUT2D eigenvalue weighted by Gasteiger charge is -2.07. The molecule has 0 saturated heterocycles. The van der Waals surface area contributed by atoms with E-state index < -0.39 is 4.92 Å². The van der Waals surface area contributed by atoms with Crippen LogP contribution in [0.1, 0.15) is 24.5 Å². The molecule has 5 rings (SSSR count). The first kappa shape index (κ1) is 18.8. The molecular formula is C21H14Cl2N4O3. The molecule has 2 aromatic carbocycles. The standard InChI is InChI=1S/C21H14Cl2N4O3/c22-15-8-5-13(9-16(15)23)19-20(12-1-2-12)25-26-18(28)10-17(24-21(19)26)11-3-6-14(7-4-11)27(29)30/h3-10,12,24H,1-2H2. The fraction of sp³-hybridized carbons (Fsp3) is 0.143. The maximum absolute atomic E-state index is 12.8. The first-order chi connectivity index (χ1) is 14.4. The second-order valence-corrected chi connectivity index (χ2v) is 8.06. The van der Waals surface area contributed by atoms with Gasteiger partial charge in [0.25, 0.3) is 11.2 Å². The molecule has 9 heteroatoms. The predicted octanol–water partition coefficient (Wildman–Crippen LogP) is 5.45. The molecule has 0 spiro atoms. The van der Waals surface area contributed by atoms with Gasteiger partial charge in [-0.25, -0.2) is 0 Å². The molecule has 7 nitrogen and oxygen atoms in total. The zero-order chi connectivity index (χ0) is 21.0. The minimum atomic E-state index is -0.461. The fourth-order valence-corrected chi connectivity index (χ4v) is 3.85. The molecule has 0 aliphatic heterocycles. The number of aromatic amines is 1. The van der Waals surface area contributed by atoms with Gasteiger partial charge in [-0.2, -0.15) is 9.61 Å². The number of hydrogen-bond acceptors (Lipinski definition) is 4. The van der Waals surface area contributed by atoms with Crippen LogP contribution in [0.3, 0.4) is 0 Å². The van der Waals surface area contributed by atoms with Crippen LogP contribution in [0.25, 0.3) is 28.0 Å². The Morgan fingerprint density at radius 1 is 1.03 bits per heavy atom. The van der Waals surface area contributed by atoms with E-state index in [1.807, 2.05) is 6.07 Å². The topological polar surface area (TPSA) is 93.3 Å². The van der Waals surface area contributed by atoms with Crippen LogP contribution in [0.2, 0.25) is 10.0 Å². The van der Waals surface area contributed by atoms with E-state index in [9.17, 15) is 14.9 Å². The Balaban J connectivity index is 1.74. The Morgan fingerprint density at radius 3 is 2.37 bits per heavy atom. The fourth-order valence-electron chi connectivity index (χ4n) is 3.56. The summed E-state index contributed by atoms with van der Waals surface area (Å²) >= 11 is 12.3. The molecule has 1 aliphatic rings. The van der Waals surface area contributed by atoms with E-state index in [2.05, 4.69) is 10.1 Å². The molecule has 1 fully saturated rings. The maximum Gasteiger partial charge on any atom is 0.274 e. The van der Waals surface area contributed by atoms with Crippen molar-refractivity contribution in [2.24, 2.45) is 0 Å². The van der Waals surface area contributed by atoms with Gasteiger partial charge in [0.15, 0.2) is 0 Å². The number of benzene rings is 2. The predicted molar refractivity (Wildman–Crippen MR) is 115 cm³/mol. The van der Waals surface area contributed by atoms with Gasteiger partial charge < -0.3 is 4.98 Å². The van der Waals surface area contributed by atoms with Gasteiger partial charge in [-0.1, -0.05) is 29.3 Å². The number of aromatic nitrogens is 3. The highest BCUT2D eigenvalue weighted by molar-refractivity contribution is 6.42. The van der Waals surface area contributed by atoms with Crippen LogP contribution >= 0.6 is 23.2 Å². The Hall–Kier alpha value is -3.16. The van der Waals surface area contributed by atoms with Gasteiger partial charge in [0.05, 0.1) is 26.4 Å². The van der Waals surface area contributed by atoms with Crippen molar-refractivity contribution in [3.8, 4) is 22.4 Å². The van der Waals surface area contributed by atoms with Crippen molar-refractivity contribution in [2.75, 3.05) is 0 Å². The van der Waals surface area contributed by atoms with Crippen LogP contribution in [-0.4, -0.2) is 19.5 Å². The molecular weight excluding hydrogens is 427 g/mol. The monoisotopic (exact) mass is 440 g/mol. The molecule has 1 aliphatic carbocycles. The number of nitrogens with one attached hydrogen (secondary N) is 1. The summed E-state index contributed by atoms with van der Waals surface area (Å²) in [6, 6.07) is 12.8. The number of nitro groups is 1. The van der Waals surface area contributed by atoms with Crippen LogP contribution in [0, 0.1) is 10.1 Å². The molecule has 2 aromatic heterocycles. The van der Waals surface area contributed by atoms with Crippen LogP contribution in [0.15, 0.2) is 53.3 Å². The average Bonchev–Trinajstić information content (AvgIpc) is 3.50. The third kappa shape index (κ3) is 3.16. The molecule has 0 unspecified atom stereocenters. The average molecular weight is 441 g/mol. The Labute approximate surface area is 180 Å². The molecule has 150 valence electrons. The van der Waals surface area contributed by atoms with Crippen molar-refractivity contribution in [3.05, 3.63) is 84.7 Å². The molecule has 0 radical (unpaired) electrons. The number of nitrogens with zero attached hydrogens (tertiary/aromatic N) is 3. The van der Waals surface area contributed by atoms with Gasteiger partial charge in [0.1, 0.15) is 5.65 Å². The van der Waals surface area contributed by atoms with Crippen molar-refractivity contribution < 1.29 is 4.92 Å². The lowest BCUT2D eigenvalue weighted by molar-refractivity contribution is -0.384. The minimum absolute atomic E-state index is 0.0148. The number of halogens is 2. The number of rotatable bonds is 4. The van der Waals surface area contributed by atoms with E-state index in [0.29, 0.717) is 32.9 Å². The molecule has 30 heavy (non-hydrogen) atoms. The van der Waals surface area contributed by atoms with Gasteiger partial charge >= 0.3 is 0 Å². The van der Waals surface area contributed by atoms with Crippen LogP contribution in [-0.2, 0) is 0 Å². The molecule has 0 atom stereocenters. The summed E-state index contributed by atoms with van der Waals surface area (Å²) in [5, 5.41) is 16.4. The van der Waals surface area contributed by atoms with Crippen molar-refractivity contribution in [1.82, 2.24) is 14.6 Å². The second kappa shape index (κ2) is 6.97. The maximum atomic E-state index is 12.8. The normalized spacial score (nSPS) is 13.7. The quantitative estimate of drug-likeness (QED) is 0.337. The van der Waals surface area contributed by atoms with E-state index in [1.165, 1.54) is 22.7 Å². The summed E-state index contributed by atoms with van der Waals surface area (Å²) < 4.78 is 1.36. The lowest BCUT2D eigenvalue weighted by Crippen LogP contribution is -2.14. The van der Waals surface area contributed by atoms with Crippen LogP contribution in [0.4, 0.5) is 5.69 Å². The lowest BCUT2D eigenvalue weighted by atomic mass is 10.0. The highest BCUT2D eigenvalue weighted by atomic mass is 35.5. The molecule has 4 aromatic rings. The smallest absolute Gasteiger partial charge is 0.274 e. The molecule has 0 bridgehead atoms. The largest absolute Gasteiger partial charge is 0.339 e. The molecule has 1 saturated carbocycles. The second-order valence-electron chi connectivity index (χ2n) is 7.25. The molecule has 0 amide bonds. The van der Waals surface area contributed by atoms with E-state index >= 15 is 0 Å². The Kier molecular flexibility index (Phi) is 4.38. The molecule has 1 N–H and O–H groups in total. The third-order valence-corrected chi connectivity index (χ3v) is 5.94. The van der Waals surface area contributed by atoms with E-state index in [-0.39, 0.29) is 11.2 Å². The summed E-state index contributed by atoms with van der Waals surface area (Å²) in [6.07, 6.45) is 2.03. The van der Waals surface area contributed by atoms with Crippen molar-refractivity contribution in [3.63, 3.8) is 0 Å². The van der Waals surface area contributed by atoms with Gasteiger partial charge in [0, 0.05) is 29.7 Å². The SMILES string of the molecule is O=c1cc(-c2ccc([N+](=O)[O-])cc2)[nH]c2c(-c3ccc(Cl)c(Cl)c3)c(C3CC3)nn12. The van der Waals surface area contributed by atoms with Crippen molar-refractivity contribution in [2.45, 2.75) is 18.8 Å². The zero-order valence-corrected chi connectivity index (χ0v) is 16.9. The van der Waals surface area contributed by atoms with Gasteiger partial charge in [0.2, 0.25) is 0 Å². The number of nitro benzene ring substituents is 1. The van der Waals surface area contributed by atoms with Gasteiger partial charge in [-0.15, -0.1) is 0 Å². The summed E-state index contributed by atoms with van der Waals surface area (Å²) in [5.41, 5.74) is 3.94. The van der Waals surface area contributed by atoms with Crippen molar-refractivity contribution in [1.29, 1.82) is 0 Å². The third-order valence-electron chi connectivity index (χ3n) is 5.20. The Bertz CT molecular complexity index is 1370. The number of non-ortho nitro benzene ring substituents is 1. The first-order valence-electron chi connectivity index (χ1n) is 9.28. The van der Waals surface area contributed by atoms with Crippen LogP contribution in [0.5, 0.6) is 0 Å². The van der Waals surface area contributed by atoms with Crippen molar-refractivity contribution >= 4 is 34.5 Å². The van der Waals surface area contributed by atoms with Gasteiger partial charge in [-0.3, -0.25) is 14.9 Å². The molecule has 2 heterocycles. The summed E-state index contributed by atoms with van der Waals surface area (Å²) in [5.74, 6) is 0.296. The summed E-state index contributed by atoms with van der Waals surface area (Å²) in [7, 11) is 0. The van der Waals surface area contributed by atoms with E-state index in [0.717, 1.165) is 29.7 Å². The van der Waals surface area contributed by atoms with E-state index in [1.54, 1.807) is 24.3 Å². The zero-order valence-electron chi connectivity index (χ0n) is 15.4. The number of H-pyrrole nitrogens is 1. The minimum Gasteiger partial charge on any atom is -0.339 e. The first-order valence-corrected chi connectivity index (χ1v) is 10.0. The number of hydrogen-bond donors (Lipinski definition) is 1. The summed E-state index contributed by atoms with van der Waals surface area (Å²) in [6.45, 7) is 0. The highest BCUT2D eigenvalue weighted by Gasteiger charge is 2.32. The number of fused-ring (bicyclic) bond motifs is 1. The highest BCUT2D eigenvalue weighted by Crippen LogP contribution is 2.45. The Morgan fingerprint density at radius 2 is 1.73 bits per heavy atom. The van der Waals surface area contributed by atoms with E-state index in [4.69, 9.17) is 23.2 Å². The van der Waals surface area contributed by atoms with Gasteiger partial charge in [-0.05, 0) is 48.2 Å². The summed E-state index contributed by atoms with van der Waals surface area (Å²) in [4.78, 5) is 26.6. The van der Waals surface area contributed by atoms with Crippen LogP contribution < -0.4 is 5.56 Å².